The van der Waals surface area contributed by atoms with Crippen molar-refractivity contribution in [2.45, 2.75) is 19.0 Å². The molecule has 30 heavy (non-hydrogen) atoms. The van der Waals surface area contributed by atoms with Crippen LogP contribution in [0, 0.1) is 5.82 Å². The standard InChI is InChI=1S/C21H24FN5O3/c1-3-18(29)26-7-9-27(10-8-26)20-13-12-25(2)16(11-15(13)23-21(30)24-20)19-14(22)5-4-6-17(19)28/h3-6,16,28H,1,7-12H2,2H3,(H,23,24,30). The number of rotatable bonds is 3. The second-order valence-corrected chi connectivity index (χ2v) is 7.60. The lowest BCUT2D eigenvalue weighted by Crippen LogP contribution is -2.49. The summed E-state index contributed by atoms with van der Waals surface area (Å²) in [6.45, 7) is 6.18. The highest BCUT2D eigenvalue weighted by molar-refractivity contribution is 5.87. The minimum absolute atomic E-state index is 0.100. The van der Waals surface area contributed by atoms with Crippen LogP contribution < -0.4 is 4.90 Å². The molecule has 2 aliphatic rings. The number of aromatic hydroxyl groups is 2. The molecule has 1 aromatic heterocycles. The molecule has 9 heteroatoms. The first-order valence-electron chi connectivity index (χ1n) is 9.81. The summed E-state index contributed by atoms with van der Waals surface area (Å²) in [6, 6.07) is 3.51. The van der Waals surface area contributed by atoms with E-state index in [4.69, 9.17) is 0 Å². The van der Waals surface area contributed by atoms with E-state index in [1.807, 2.05) is 16.8 Å². The molecule has 0 saturated carbocycles. The third kappa shape index (κ3) is 3.56. The predicted molar refractivity (Wildman–Crippen MR) is 109 cm³/mol. The van der Waals surface area contributed by atoms with Gasteiger partial charge < -0.3 is 20.0 Å². The van der Waals surface area contributed by atoms with E-state index in [0.717, 1.165) is 5.56 Å². The van der Waals surface area contributed by atoms with Gasteiger partial charge in [-0.3, -0.25) is 9.69 Å². The first kappa shape index (κ1) is 20.1. The fourth-order valence-corrected chi connectivity index (χ4v) is 4.24. The Morgan fingerprint density at radius 3 is 2.63 bits per heavy atom. The number of phenols is 1. The highest BCUT2D eigenvalue weighted by Crippen LogP contribution is 2.39. The molecule has 4 rings (SSSR count). The summed E-state index contributed by atoms with van der Waals surface area (Å²) in [5.41, 5.74) is 1.72. The molecule has 1 unspecified atom stereocenters. The first-order chi connectivity index (χ1) is 14.4. The van der Waals surface area contributed by atoms with Gasteiger partial charge >= 0.3 is 6.01 Å². The third-order valence-corrected chi connectivity index (χ3v) is 5.81. The summed E-state index contributed by atoms with van der Waals surface area (Å²) in [5, 5.41) is 20.4. The van der Waals surface area contributed by atoms with Gasteiger partial charge in [-0.15, -0.1) is 0 Å². The maximum atomic E-state index is 14.4. The largest absolute Gasteiger partial charge is 0.508 e. The minimum Gasteiger partial charge on any atom is -0.508 e. The number of benzene rings is 1. The summed E-state index contributed by atoms with van der Waals surface area (Å²) in [6.07, 6.45) is 1.64. The smallest absolute Gasteiger partial charge is 0.316 e. The van der Waals surface area contributed by atoms with Crippen molar-refractivity contribution in [2.24, 2.45) is 0 Å². The lowest BCUT2D eigenvalue weighted by atomic mass is 9.92. The number of anilines is 1. The Hall–Kier alpha value is -3.20. The van der Waals surface area contributed by atoms with Crippen LogP contribution in [0.5, 0.6) is 11.8 Å². The number of amides is 1. The van der Waals surface area contributed by atoms with E-state index in [0.29, 0.717) is 50.7 Å². The van der Waals surface area contributed by atoms with E-state index in [9.17, 15) is 19.4 Å². The Morgan fingerprint density at radius 2 is 1.97 bits per heavy atom. The highest BCUT2D eigenvalue weighted by Gasteiger charge is 2.34. The summed E-state index contributed by atoms with van der Waals surface area (Å²) < 4.78 is 14.4. The van der Waals surface area contributed by atoms with Crippen LogP contribution in [-0.4, -0.2) is 69.1 Å². The van der Waals surface area contributed by atoms with Gasteiger partial charge in [0.15, 0.2) is 0 Å². The number of nitrogens with zero attached hydrogens (tertiary/aromatic N) is 5. The quantitative estimate of drug-likeness (QED) is 0.738. The summed E-state index contributed by atoms with van der Waals surface area (Å²) in [7, 11) is 1.86. The molecule has 8 nitrogen and oxygen atoms in total. The molecular weight excluding hydrogens is 389 g/mol. The van der Waals surface area contributed by atoms with Crippen LogP contribution in [-0.2, 0) is 17.8 Å². The Morgan fingerprint density at radius 1 is 1.23 bits per heavy atom. The highest BCUT2D eigenvalue weighted by atomic mass is 19.1. The van der Waals surface area contributed by atoms with Crippen molar-refractivity contribution in [1.82, 2.24) is 19.8 Å². The van der Waals surface area contributed by atoms with Gasteiger partial charge in [-0.1, -0.05) is 12.6 Å². The number of fused-ring (bicyclic) bond motifs is 1. The molecule has 1 atom stereocenters. The van der Waals surface area contributed by atoms with E-state index in [-0.39, 0.29) is 23.2 Å². The van der Waals surface area contributed by atoms with Crippen LogP contribution in [0.4, 0.5) is 10.2 Å². The first-order valence-corrected chi connectivity index (χ1v) is 9.81. The van der Waals surface area contributed by atoms with Crippen molar-refractivity contribution in [3.63, 3.8) is 0 Å². The number of carbonyl (C=O) groups excluding carboxylic acids is 1. The average Bonchev–Trinajstić information content (AvgIpc) is 2.73. The topological polar surface area (TPSA) is 93.0 Å². The van der Waals surface area contributed by atoms with Gasteiger partial charge in [-0.25, -0.2) is 4.39 Å². The molecule has 2 aliphatic heterocycles. The predicted octanol–water partition coefficient (Wildman–Crippen LogP) is 1.59. The molecule has 1 saturated heterocycles. The number of likely N-dealkylation sites (N-methyl/N-ethyl adjacent to an activating group) is 1. The number of hydrogen-bond donors (Lipinski definition) is 2. The summed E-state index contributed by atoms with van der Waals surface area (Å²) >= 11 is 0. The number of aromatic nitrogens is 2. The molecule has 2 N–H and O–H groups in total. The van der Waals surface area contributed by atoms with Crippen LogP contribution >= 0.6 is 0 Å². The fourth-order valence-electron chi connectivity index (χ4n) is 4.24. The van der Waals surface area contributed by atoms with Crippen molar-refractivity contribution in [2.75, 3.05) is 38.1 Å². The molecule has 0 aliphatic carbocycles. The Bertz CT molecular complexity index is 971. The van der Waals surface area contributed by atoms with Gasteiger partial charge in [0, 0.05) is 56.3 Å². The molecule has 0 radical (unpaired) electrons. The van der Waals surface area contributed by atoms with E-state index in [2.05, 4.69) is 16.5 Å². The second kappa shape index (κ2) is 7.91. The third-order valence-electron chi connectivity index (χ3n) is 5.81. The molecule has 0 bridgehead atoms. The van der Waals surface area contributed by atoms with Crippen molar-refractivity contribution < 1.29 is 19.4 Å². The molecule has 1 aromatic carbocycles. The normalized spacial score (nSPS) is 19.5. The molecule has 1 fully saturated rings. The van der Waals surface area contributed by atoms with Crippen LogP contribution in [0.25, 0.3) is 0 Å². The van der Waals surface area contributed by atoms with Crippen molar-refractivity contribution in [3.05, 3.63) is 53.5 Å². The van der Waals surface area contributed by atoms with E-state index >= 15 is 0 Å². The lowest BCUT2D eigenvalue weighted by Gasteiger charge is -2.39. The van der Waals surface area contributed by atoms with E-state index in [1.165, 1.54) is 24.3 Å². The zero-order valence-electron chi connectivity index (χ0n) is 16.8. The van der Waals surface area contributed by atoms with Gasteiger partial charge in [0.05, 0.1) is 5.69 Å². The van der Waals surface area contributed by atoms with Crippen molar-refractivity contribution in [3.8, 4) is 11.8 Å². The van der Waals surface area contributed by atoms with Crippen LogP contribution in [0.3, 0.4) is 0 Å². The van der Waals surface area contributed by atoms with Crippen molar-refractivity contribution >= 4 is 11.7 Å². The van der Waals surface area contributed by atoms with Crippen molar-refractivity contribution in [1.29, 1.82) is 0 Å². The molecular formula is C21H24FN5O3. The lowest BCUT2D eigenvalue weighted by molar-refractivity contribution is -0.126. The number of piperazine rings is 1. The molecule has 2 aromatic rings. The maximum Gasteiger partial charge on any atom is 0.316 e. The summed E-state index contributed by atoms with van der Waals surface area (Å²) in [4.78, 5) is 26.0. The Kier molecular flexibility index (Phi) is 5.29. The second-order valence-electron chi connectivity index (χ2n) is 7.60. The number of phenolic OH excluding ortho intramolecular Hbond substituents is 1. The average molecular weight is 413 g/mol. The van der Waals surface area contributed by atoms with Crippen LogP contribution in [0.2, 0.25) is 0 Å². The molecule has 158 valence electrons. The maximum absolute atomic E-state index is 14.4. The number of carbonyl (C=O) groups is 1. The number of halogens is 1. The van der Waals surface area contributed by atoms with Gasteiger partial charge in [0.2, 0.25) is 5.91 Å². The van der Waals surface area contributed by atoms with Gasteiger partial charge in [0.1, 0.15) is 17.4 Å². The van der Waals surface area contributed by atoms with E-state index < -0.39 is 11.9 Å². The fraction of sp³-hybridized carbons (Fsp3) is 0.381. The Labute approximate surface area is 173 Å². The van der Waals surface area contributed by atoms with Gasteiger partial charge in [0.25, 0.3) is 0 Å². The molecule has 0 spiro atoms. The monoisotopic (exact) mass is 413 g/mol. The molecule has 3 heterocycles. The van der Waals surface area contributed by atoms with Crippen LogP contribution in [0.1, 0.15) is 22.9 Å². The SMILES string of the molecule is C=CC(=O)N1CCN(c2nc(O)nc3c2CN(C)C(c2c(O)cccc2F)C3)CC1. The van der Waals surface area contributed by atoms with Gasteiger partial charge in [-0.05, 0) is 25.3 Å². The minimum atomic E-state index is -0.475. The zero-order valence-corrected chi connectivity index (χ0v) is 16.8. The van der Waals surface area contributed by atoms with E-state index in [1.54, 1.807) is 4.90 Å². The summed E-state index contributed by atoms with van der Waals surface area (Å²) in [5.74, 6) is -0.0469. The number of hydrogen-bond acceptors (Lipinski definition) is 7. The Balaban J connectivity index is 1.64. The van der Waals surface area contributed by atoms with Gasteiger partial charge in [-0.2, -0.15) is 9.97 Å². The zero-order chi connectivity index (χ0) is 21.4. The van der Waals surface area contributed by atoms with Crippen LogP contribution in [0.15, 0.2) is 30.9 Å². The molecule has 1 amide bonds.